The Morgan fingerprint density at radius 1 is 1.17 bits per heavy atom. The first-order valence-corrected chi connectivity index (χ1v) is 10.4. The number of esters is 2. The van der Waals surface area contributed by atoms with Gasteiger partial charge in [-0.1, -0.05) is 18.7 Å². The van der Waals surface area contributed by atoms with Gasteiger partial charge in [-0.05, 0) is 82.4 Å². The summed E-state index contributed by atoms with van der Waals surface area (Å²) in [5.74, 6) is 0.593. The number of carbonyl (C=O) groups excluding carboxylic acids is 2. The van der Waals surface area contributed by atoms with Gasteiger partial charge in [-0.15, -0.1) is 0 Å². The minimum atomic E-state index is -1.01. The highest BCUT2D eigenvalue weighted by atomic mass is 16.6. The molecule has 5 heteroatoms. The summed E-state index contributed by atoms with van der Waals surface area (Å²) in [6.07, 6.45) is 4.85. The molecule has 4 saturated carbocycles. The van der Waals surface area contributed by atoms with Gasteiger partial charge in [-0.3, -0.25) is 4.79 Å². The van der Waals surface area contributed by atoms with Crippen LogP contribution in [0.25, 0.3) is 0 Å². The van der Waals surface area contributed by atoms with Gasteiger partial charge in [0.15, 0.2) is 0 Å². The molecule has 0 spiro atoms. The lowest BCUT2D eigenvalue weighted by atomic mass is 9.48. The Kier molecular flexibility index (Phi) is 4.65. The fourth-order valence-electron chi connectivity index (χ4n) is 5.98. The smallest absolute Gasteiger partial charge is 0.333 e. The van der Waals surface area contributed by atoms with Gasteiger partial charge in [-0.25, -0.2) is 4.79 Å². The normalized spacial score (nSPS) is 32.7. The summed E-state index contributed by atoms with van der Waals surface area (Å²) in [5.41, 5.74) is -1.11. The molecule has 4 aliphatic rings. The van der Waals surface area contributed by atoms with Crippen molar-refractivity contribution in [3.8, 4) is 5.75 Å². The van der Waals surface area contributed by atoms with E-state index in [1.54, 1.807) is 39.0 Å². The van der Waals surface area contributed by atoms with E-state index in [0.717, 1.165) is 32.1 Å². The van der Waals surface area contributed by atoms with E-state index >= 15 is 0 Å². The maximum Gasteiger partial charge on any atom is 0.333 e. The van der Waals surface area contributed by atoms with E-state index in [1.807, 2.05) is 6.07 Å². The minimum absolute atomic E-state index is 0.241. The van der Waals surface area contributed by atoms with Crippen LogP contribution in [-0.2, 0) is 19.9 Å². The summed E-state index contributed by atoms with van der Waals surface area (Å²) in [6, 6.07) is 7.06. The van der Waals surface area contributed by atoms with Crippen molar-refractivity contribution in [3.63, 3.8) is 0 Å². The largest absolute Gasteiger partial charge is 0.456 e. The van der Waals surface area contributed by atoms with Crippen molar-refractivity contribution in [2.75, 3.05) is 0 Å². The Bertz CT molecular complexity index is 848. The summed E-state index contributed by atoms with van der Waals surface area (Å²) in [5, 5.41) is 10.2. The van der Waals surface area contributed by atoms with Gasteiger partial charge in [-0.2, -0.15) is 0 Å². The van der Waals surface area contributed by atoms with E-state index < -0.39 is 16.6 Å². The molecule has 1 N–H and O–H groups in total. The highest BCUT2D eigenvalue weighted by molar-refractivity contribution is 5.87. The topological polar surface area (TPSA) is 72.8 Å². The van der Waals surface area contributed by atoms with Crippen LogP contribution < -0.4 is 4.74 Å². The van der Waals surface area contributed by atoms with E-state index in [-0.39, 0.29) is 11.9 Å². The third kappa shape index (κ3) is 3.73. The Labute approximate surface area is 172 Å². The standard InChI is InChI=1S/C24H30O5/c1-15(2)20(25)29-24-12-16-8-17(13-24)11-23(10-16,14-24)21(26)28-19-7-5-6-18(9-19)22(3,4)27/h5-7,9,16-17,27H,1,8,10-14H2,2-4H3. The molecule has 0 amide bonds. The summed E-state index contributed by atoms with van der Waals surface area (Å²) < 4.78 is 11.7. The molecule has 29 heavy (non-hydrogen) atoms. The summed E-state index contributed by atoms with van der Waals surface area (Å²) >= 11 is 0. The van der Waals surface area contributed by atoms with Gasteiger partial charge in [0.05, 0.1) is 11.0 Å². The second kappa shape index (κ2) is 6.69. The number of benzene rings is 1. The molecule has 0 radical (unpaired) electrons. The fourth-order valence-corrected chi connectivity index (χ4v) is 5.98. The molecule has 0 aliphatic heterocycles. The lowest BCUT2D eigenvalue weighted by Gasteiger charge is -2.59. The van der Waals surface area contributed by atoms with Crippen LogP contribution in [0.1, 0.15) is 64.9 Å². The minimum Gasteiger partial charge on any atom is -0.456 e. The Morgan fingerprint density at radius 2 is 1.83 bits per heavy atom. The average Bonchev–Trinajstić information content (AvgIpc) is 2.59. The van der Waals surface area contributed by atoms with Crippen molar-refractivity contribution in [1.82, 2.24) is 0 Å². The van der Waals surface area contributed by atoms with Crippen molar-refractivity contribution < 1.29 is 24.2 Å². The second-order valence-electron chi connectivity index (χ2n) is 10.1. The van der Waals surface area contributed by atoms with Crippen molar-refractivity contribution in [2.45, 2.75) is 70.5 Å². The molecule has 5 nitrogen and oxygen atoms in total. The number of ether oxygens (including phenoxy) is 2. The van der Waals surface area contributed by atoms with Crippen molar-refractivity contribution in [1.29, 1.82) is 0 Å². The zero-order valence-electron chi connectivity index (χ0n) is 17.5. The predicted molar refractivity (Wildman–Crippen MR) is 108 cm³/mol. The third-order valence-corrected chi connectivity index (χ3v) is 6.85. The van der Waals surface area contributed by atoms with Crippen LogP contribution >= 0.6 is 0 Å². The molecule has 4 bridgehead atoms. The number of hydrogen-bond acceptors (Lipinski definition) is 5. The number of hydrogen-bond donors (Lipinski definition) is 1. The Balaban J connectivity index is 1.57. The van der Waals surface area contributed by atoms with Crippen LogP contribution in [0, 0.1) is 17.3 Å². The van der Waals surface area contributed by atoms with Crippen molar-refractivity contribution >= 4 is 11.9 Å². The van der Waals surface area contributed by atoms with Gasteiger partial charge in [0.2, 0.25) is 0 Å². The van der Waals surface area contributed by atoms with E-state index in [1.165, 1.54) is 0 Å². The van der Waals surface area contributed by atoms with E-state index in [4.69, 9.17) is 9.47 Å². The van der Waals surface area contributed by atoms with Crippen molar-refractivity contribution in [2.24, 2.45) is 17.3 Å². The van der Waals surface area contributed by atoms with Crippen LogP contribution in [0.3, 0.4) is 0 Å². The lowest BCUT2D eigenvalue weighted by molar-refractivity contribution is -0.206. The quantitative estimate of drug-likeness (QED) is 0.455. The summed E-state index contributed by atoms with van der Waals surface area (Å²) in [6.45, 7) is 8.76. The molecule has 5 rings (SSSR count). The van der Waals surface area contributed by atoms with E-state index in [2.05, 4.69) is 6.58 Å². The van der Waals surface area contributed by atoms with Gasteiger partial charge < -0.3 is 14.6 Å². The van der Waals surface area contributed by atoms with Gasteiger partial charge in [0, 0.05) is 12.0 Å². The number of carbonyl (C=O) groups is 2. The first-order valence-electron chi connectivity index (χ1n) is 10.4. The monoisotopic (exact) mass is 398 g/mol. The summed E-state index contributed by atoms with van der Waals surface area (Å²) in [4.78, 5) is 25.6. The third-order valence-electron chi connectivity index (χ3n) is 6.85. The highest BCUT2D eigenvalue weighted by Gasteiger charge is 2.63. The van der Waals surface area contributed by atoms with Crippen molar-refractivity contribution in [3.05, 3.63) is 42.0 Å². The maximum atomic E-state index is 13.3. The molecule has 2 unspecified atom stereocenters. The summed E-state index contributed by atoms with van der Waals surface area (Å²) in [7, 11) is 0. The first kappa shape index (κ1) is 20.1. The molecule has 156 valence electrons. The predicted octanol–water partition coefficient (Wildman–Crippen LogP) is 4.28. The average molecular weight is 398 g/mol. The highest BCUT2D eigenvalue weighted by Crippen LogP contribution is 2.63. The van der Waals surface area contributed by atoms with E-state index in [9.17, 15) is 14.7 Å². The fraction of sp³-hybridized carbons (Fsp3) is 0.583. The van der Waals surface area contributed by atoms with Crippen LogP contribution in [0.2, 0.25) is 0 Å². The molecule has 0 saturated heterocycles. The zero-order chi connectivity index (χ0) is 21.0. The maximum absolute atomic E-state index is 13.3. The van der Waals surface area contributed by atoms with Gasteiger partial charge >= 0.3 is 11.9 Å². The van der Waals surface area contributed by atoms with Crippen LogP contribution in [0.5, 0.6) is 5.75 Å². The number of aliphatic hydroxyl groups is 1. The van der Waals surface area contributed by atoms with E-state index in [0.29, 0.717) is 35.1 Å². The molecule has 2 atom stereocenters. The molecular weight excluding hydrogens is 368 g/mol. The Hall–Kier alpha value is -2.14. The van der Waals surface area contributed by atoms with Gasteiger partial charge in [0.25, 0.3) is 0 Å². The second-order valence-corrected chi connectivity index (χ2v) is 10.1. The molecule has 1 aromatic rings. The molecular formula is C24H30O5. The molecule has 4 fully saturated rings. The van der Waals surface area contributed by atoms with Crippen LogP contribution in [0.15, 0.2) is 36.4 Å². The van der Waals surface area contributed by atoms with Crippen LogP contribution in [-0.4, -0.2) is 22.6 Å². The zero-order valence-corrected chi connectivity index (χ0v) is 17.5. The number of rotatable bonds is 5. The molecule has 4 aliphatic carbocycles. The van der Waals surface area contributed by atoms with Crippen LogP contribution in [0.4, 0.5) is 0 Å². The SMILES string of the molecule is C=C(C)C(=O)OC12CC3CC(C1)CC(C(=O)Oc1cccc(C(C)(C)O)c1)(C3)C2. The first-order chi connectivity index (χ1) is 13.5. The Morgan fingerprint density at radius 3 is 2.41 bits per heavy atom. The molecule has 0 aromatic heterocycles. The molecule has 1 aromatic carbocycles. The van der Waals surface area contributed by atoms with Gasteiger partial charge in [0.1, 0.15) is 11.4 Å². The lowest BCUT2D eigenvalue weighted by Crippen LogP contribution is -2.60. The molecule has 0 heterocycles.